The van der Waals surface area contributed by atoms with Crippen molar-refractivity contribution in [3.05, 3.63) is 0 Å². The molecule has 1 amide bonds. The minimum absolute atomic E-state index is 0.355. The molecule has 0 aliphatic rings. The molecule has 0 rings (SSSR count). The van der Waals surface area contributed by atoms with Gasteiger partial charge in [0.15, 0.2) is 0 Å². The third kappa shape index (κ3) is 9.53. The van der Waals surface area contributed by atoms with Gasteiger partial charge in [-0.25, -0.2) is 4.79 Å². The molecule has 4 heteroatoms. The maximum absolute atomic E-state index is 11.2. The zero-order valence-electron chi connectivity index (χ0n) is 10.4. The molecule has 4 nitrogen and oxygen atoms in total. The molecule has 1 atom stereocenters. The Bertz CT molecular complexity index is 187. The van der Waals surface area contributed by atoms with Crippen LogP contribution in [0.5, 0.6) is 0 Å². The minimum Gasteiger partial charge on any atom is -0.444 e. The van der Waals surface area contributed by atoms with Gasteiger partial charge in [0.2, 0.25) is 0 Å². The molecule has 0 radical (unpaired) electrons. The number of hydrogen-bond acceptors (Lipinski definition) is 3. The second kappa shape index (κ2) is 6.67. The van der Waals surface area contributed by atoms with Gasteiger partial charge in [-0.2, -0.15) is 0 Å². The van der Waals surface area contributed by atoms with E-state index in [0.29, 0.717) is 12.5 Å². The summed E-state index contributed by atoms with van der Waals surface area (Å²) in [5.41, 5.74) is -0.428. The van der Waals surface area contributed by atoms with Crippen LogP contribution in [-0.2, 0) is 9.47 Å². The first-order valence-corrected chi connectivity index (χ1v) is 5.31. The Labute approximate surface area is 92.3 Å². The summed E-state index contributed by atoms with van der Waals surface area (Å²) in [6.45, 7) is 8.97. The van der Waals surface area contributed by atoms with Gasteiger partial charge in [0, 0.05) is 20.3 Å². The van der Waals surface area contributed by atoms with Gasteiger partial charge in [-0.1, -0.05) is 6.92 Å². The van der Waals surface area contributed by atoms with Crippen LogP contribution in [0, 0.1) is 5.92 Å². The van der Waals surface area contributed by atoms with Gasteiger partial charge in [-0.15, -0.1) is 0 Å². The lowest BCUT2D eigenvalue weighted by Gasteiger charge is -2.20. The average Bonchev–Trinajstić information content (AvgIpc) is 2.00. The minimum atomic E-state index is -0.428. The molecule has 0 saturated carbocycles. The van der Waals surface area contributed by atoms with Crippen molar-refractivity contribution in [2.24, 2.45) is 5.92 Å². The Morgan fingerprint density at radius 3 is 2.47 bits per heavy atom. The van der Waals surface area contributed by atoms with Crippen LogP contribution in [0.4, 0.5) is 4.79 Å². The molecule has 1 N–H and O–H groups in total. The molecule has 0 saturated heterocycles. The van der Waals surface area contributed by atoms with Crippen LogP contribution in [0.3, 0.4) is 0 Å². The highest BCUT2D eigenvalue weighted by atomic mass is 16.6. The number of hydrogen-bond donors (Lipinski definition) is 1. The fourth-order valence-corrected chi connectivity index (χ4v) is 1.10. The van der Waals surface area contributed by atoms with E-state index >= 15 is 0 Å². The molecule has 0 aliphatic carbocycles. The summed E-state index contributed by atoms with van der Waals surface area (Å²) in [5, 5.41) is 2.71. The number of methoxy groups -OCH3 is 1. The highest BCUT2D eigenvalue weighted by Crippen LogP contribution is 2.06. The normalized spacial score (nSPS) is 13.4. The lowest BCUT2D eigenvalue weighted by Crippen LogP contribution is -2.33. The number of carbonyl (C=O) groups excluding carboxylic acids is 1. The Morgan fingerprint density at radius 1 is 1.40 bits per heavy atom. The van der Waals surface area contributed by atoms with Gasteiger partial charge in [0.05, 0.1) is 0 Å². The fraction of sp³-hybridized carbons (Fsp3) is 0.909. The topological polar surface area (TPSA) is 47.6 Å². The quantitative estimate of drug-likeness (QED) is 0.768. The zero-order chi connectivity index (χ0) is 11.9. The molecule has 1 unspecified atom stereocenters. The van der Waals surface area contributed by atoms with Gasteiger partial charge in [0.25, 0.3) is 0 Å². The number of alkyl carbamates (subject to hydrolysis) is 1. The van der Waals surface area contributed by atoms with Gasteiger partial charge in [-0.05, 0) is 33.1 Å². The molecular formula is C11H23NO3. The molecule has 0 bridgehead atoms. The summed E-state index contributed by atoms with van der Waals surface area (Å²) in [6.07, 6.45) is 0.541. The van der Waals surface area contributed by atoms with Crippen LogP contribution in [0.25, 0.3) is 0 Å². The first kappa shape index (κ1) is 14.2. The van der Waals surface area contributed by atoms with E-state index in [1.165, 1.54) is 0 Å². The van der Waals surface area contributed by atoms with Crippen molar-refractivity contribution < 1.29 is 14.3 Å². The molecule has 0 aromatic heterocycles. The molecule has 90 valence electrons. The molecule has 0 aliphatic heterocycles. The Kier molecular flexibility index (Phi) is 6.32. The molecular weight excluding hydrogens is 194 g/mol. The first-order valence-electron chi connectivity index (χ1n) is 5.31. The van der Waals surface area contributed by atoms with Crippen molar-refractivity contribution in [2.45, 2.75) is 39.7 Å². The number of nitrogens with one attached hydrogen (secondary N) is 1. The van der Waals surface area contributed by atoms with Crippen LogP contribution < -0.4 is 5.32 Å². The predicted octanol–water partition coefficient (Wildman–Crippen LogP) is 2.18. The van der Waals surface area contributed by atoms with Crippen LogP contribution in [0.15, 0.2) is 0 Å². The number of carbonyl (C=O) groups is 1. The van der Waals surface area contributed by atoms with Crippen molar-refractivity contribution in [3.8, 4) is 0 Å². The van der Waals surface area contributed by atoms with E-state index in [9.17, 15) is 4.79 Å². The van der Waals surface area contributed by atoms with Gasteiger partial charge >= 0.3 is 6.09 Å². The lowest BCUT2D eigenvalue weighted by molar-refractivity contribution is 0.0522. The van der Waals surface area contributed by atoms with Crippen LogP contribution in [-0.4, -0.2) is 32.0 Å². The second-order valence-electron chi connectivity index (χ2n) is 4.78. The maximum atomic E-state index is 11.2. The van der Waals surface area contributed by atoms with Gasteiger partial charge in [0.1, 0.15) is 5.60 Å². The summed E-state index contributed by atoms with van der Waals surface area (Å²) >= 11 is 0. The second-order valence-corrected chi connectivity index (χ2v) is 4.78. The third-order valence-electron chi connectivity index (χ3n) is 1.76. The van der Waals surface area contributed by atoms with E-state index in [2.05, 4.69) is 12.2 Å². The molecule has 0 aromatic rings. The SMILES string of the molecule is COCC(C)CCNC(=O)OC(C)(C)C. The van der Waals surface area contributed by atoms with Crippen molar-refractivity contribution >= 4 is 6.09 Å². The van der Waals surface area contributed by atoms with Crippen molar-refractivity contribution in [2.75, 3.05) is 20.3 Å². The maximum Gasteiger partial charge on any atom is 0.407 e. The fourth-order valence-electron chi connectivity index (χ4n) is 1.10. The van der Waals surface area contributed by atoms with Crippen LogP contribution in [0.2, 0.25) is 0 Å². The average molecular weight is 217 g/mol. The molecule has 0 spiro atoms. The largest absolute Gasteiger partial charge is 0.444 e. The summed E-state index contributed by atoms with van der Waals surface area (Å²) < 4.78 is 10.1. The van der Waals surface area contributed by atoms with E-state index in [-0.39, 0.29) is 6.09 Å². The Hall–Kier alpha value is -0.770. The van der Waals surface area contributed by atoms with Crippen molar-refractivity contribution in [1.29, 1.82) is 0 Å². The van der Waals surface area contributed by atoms with Crippen LogP contribution in [0.1, 0.15) is 34.1 Å². The summed E-state index contributed by atoms with van der Waals surface area (Å²) in [5.74, 6) is 0.449. The number of amides is 1. The monoisotopic (exact) mass is 217 g/mol. The summed E-state index contributed by atoms with van der Waals surface area (Å²) in [6, 6.07) is 0. The van der Waals surface area contributed by atoms with E-state index in [1.807, 2.05) is 20.8 Å². The summed E-state index contributed by atoms with van der Waals surface area (Å²) in [7, 11) is 1.68. The van der Waals surface area contributed by atoms with Crippen LogP contribution >= 0.6 is 0 Å². The Balaban J connectivity index is 3.55. The van der Waals surface area contributed by atoms with Gasteiger partial charge in [-0.3, -0.25) is 0 Å². The summed E-state index contributed by atoms with van der Waals surface area (Å²) in [4.78, 5) is 11.2. The highest BCUT2D eigenvalue weighted by molar-refractivity contribution is 5.67. The van der Waals surface area contributed by atoms with E-state index in [4.69, 9.17) is 9.47 Å². The molecule has 15 heavy (non-hydrogen) atoms. The predicted molar refractivity (Wildman–Crippen MR) is 59.9 cm³/mol. The first-order chi connectivity index (χ1) is 6.85. The Morgan fingerprint density at radius 2 is 2.00 bits per heavy atom. The molecule has 0 aromatic carbocycles. The van der Waals surface area contributed by atoms with E-state index in [0.717, 1.165) is 13.0 Å². The lowest BCUT2D eigenvalue weighted by atomic mass is 10.1. The highest BCUT2D eigenvalue weighted by Gasteiger charge is 2.15. The zero-order valence-corrected chi connectivity index (χ0v) is 10.4. The number of ether oxygens (including phenoxy) is 2. The standard InChI is InChI=1S/C11H23NO3/c1-9(8-14-5)6-7-12-10(13)15-11(2,3)4/h9H,6-8H2,1-5H3,(H,12,13). The molecule has 0 heterocycles. The van der Waals surface area contributed by atoms with Crippen molar-refractivity contribution in [3.63, 3.8) is 0 Å². The smallest absolute Gasteiger partial charge is 0.407 e. The van der Waals surface area contributed by atoms with E-state index in [1.54, 1.807) is 7.11 Å². The number of rotatable bonds is 5. The van der Waals surface area contributed by atoms with E-state index < -0.39 is 5.60 Å². The molecule has 0 fully saturated rings. The third-order valence-corrected chi connectivity index (χ3v) is 1.76. The van der Waals surface area contributed by atoms with Gasteiger partial charge < -0.3 is 14.8 Å². The van der Waals surface area contributed by atoms with Crippen molar-refractivity contribution in [1.82, 2.24) is 5.32 Å².